The number of rotatable bonds is 2. The van der Waals surface area contributed by atoms with Gasteiger partial charge >= 0.3 is 0 Å². The maximum atomic E-state index is 5.74. The Morgan fingerprint density at radius 3 is 2.69 bits per heavy atom. The third-order valence-electron chi connectivity index (χ3n) is 3.61. The number of ether oxygens (including phenoxy) is 1. The maximum Gasteiger partial charge on any atom is 0.0685 e. The summed E-state index contributed by atoms with van der Waals surface area (Å²) in [6.07, 6.45) is 1.77. The zero-order valence-corrected chi connectivity index (χ0v) is 9.13. The van der Waals surface area contributed by atoms with Crippen molar-refractivity contribution >= 4 is 0 Å². The molecule has 0 aromatic carbocycles. The van der Waals surface area contributed by atoms with Gasteiger partial charge < -0.3 is 10.1 Å². The highest BCUT2D eigenvalue weighted by Crippen LogP contribution is 2.52. The molecule has 1 aliphatic carbocycles. The summed E-state index contributed by atoms with van der Waals surface area (Å²) in [7, 11) is 0. The normalized spacial score (nSPS) is 41.8. The molecule has 0 bridgehead atoms. The van der Waals surface area contributed by atoms with Crippen LogP contribution in [0.15, 0.2) is 0 Å². The Morgan fingerprint density at radius 1 is 1.38 bits per heavy atom. The van der Waals surface area contributed by atoms with Gasteiger partial charge in [0.25, 0.3) is 0 Å². The summed E-state index contributed by atoms with van der Waals surface area (Å²) in [6.45, 7) is 10.0. The van der Waals surface area contributed by atoms with E-state index < -0.39 is 0 Å². The first-order valence-electron chi connectivity index (χ1n) is 5.41. The molecule has 0 aromatic heterocycles. The summed E-state index contributed by atoms with van der Waals surface area (Å²) in [5, 5.41) is 3.66. The predicted molar refractivity (Wildman–Crippen MR) is 53.7 cm³/mol. The first-order chi connectivity index (χ1) is 6.03. The SMILES string of the molecule is CC(C)NC1C2CCOC2C1(C)C. The van der Waals surface area contributed by atoms with E-state index in [1.54, 1.807) is 0 Å². The highest BCUT2D eigenvalue weighted by Gasteiger charge is 2.59. The van der Waals surface area contributed by atoms with Crippen LogP contribution in [0.1, 0.15) is 34.1 Å². The van der Waals surface area contributed by atoms with Gasteiger partial charge in [-0.2, -0.15) is 0 Å². The van der Waals surface area contributed by atoms with Gasteiger partial charge in [-0.3, -0.25) is 0 Å². The molecule has 0 radical (unpaired) electrons. The van der Waals surface area contributed by atoms with Gasteiger partial charge in [-0.25, -0.2) is 0 Å². The molecule has 0 aromatic rings. The van der Waals surface area contributed by atoms with Crippen LogP contribution in [0.3, 0.4) is 0 Å². The Morgan fingerprint density at radius 2 is 2.08 bits per heavy atom. The molecule has 76 valence electrons. The fraction of sp³-hybridized carbons (Fsp3) is 1.00. The van der Waals surface area contributed by atoms with Crippen molar-refractivity contribution in [1.82, 2.24) is 5.32 Å². The van der Waals surface area contributed by atoms with Crippen molar-refractivity contribution in [2.75, 3.05) is 6.61 Å². The van der Waals surface area contributed by atoms with Crippen molar-refractivity contribution < 1.29 is 4.74 Å². The number of fused-ring (bicyclic) bond motifs is 1. The van der Waals surface area contributed by atoms with Gasteiger partial charge in [-0.15, -0.1) is 0 Å². The largest absolute Gasteiger partial charge is 0.377 e. The lowest BCUT2D eigenvalue weighted by atomic mass is 9.57. The third kappa shape index (κ3) is 1.31. The maximum absolute atomic E-state index is 5.74. The van der Waals surface area contributed by atoms with Crippen LogP contribution in [0.5, 0.6) is 0 Å². The second-order valence-electron chi connectivity index (χ2n) is 5.36. The number of nitrogens with one attached hydrogen (secondary N) is 1. The highest BCUT2D eigenvalue weighted by atomic mass is 16.5. The lowest BCUT2D eigenvalue weighted by Gasteiger charge is -2.55. The summed E-state index contributed by atoms with van der Waals surface area (Å²) in [4.78, 5) is 0. The van der Waals surface area contributed by atoms with Crippen molar-refractivity contribution in [2.45, 2.75) is 52.3 Å². The van der Waals surface area contributed by atoms with Crippen LogP contribution in [-0.4, -0.2) is 24.8 Å². The minimum Gasteiger partial charge on any atom is -0.377 e. The fourth-order valence-corrected chi connectivity index (χ4v) is 3.02. The molecular weight excluding hydrogens is 162 g/mol. The lowest BCUT2D eigenvalue weighted by Crippen LogP contribution is -2.66. The van der Waals surface area contributed by atoms with Gasteiger partial charge in [0.05, 0.1) is 6.10 Å². The molecule has 2 nitrogen and oxygen atoms in total. The van der Waals surface area contributed by atoms with Crippen LogP contribution in [0.2, 0.25) is 0 Å². The van der Waals surface area contributed by atoms with Crippen molar-refractivity contribution in [3.8, 4) is 0 Å². The standard InChI is InChI=1S/C11H21NO/c1-7(2)12-9-8-5-6-13-10(8)11(9,3)4/h7-10,12H,5-6H2,1-4H3. The minimum atomic E-state index is 0.339. The van der Waals surface area contributed by atoms with E-state index in [-0.39, 0.29) is 0 Å². The summed E-state index contributed by atoms with van der Waals surface area (Å²) in [5.74, 6) is 0.775. The highest BCUT2D eigenvalue weighted by molar-refractivity contribution is 5.11. The van der Waals surface area contributed by atoms with Crippen LogP contribution in [-0.2, 0) is 4.74 Å². The van der Waals surface area contributed by atoms with Gasteiger partial charge in [0, 0.05) is 30.0 Å². The van der Waals surface area contributed by atoms with Crippen molar-refractivity contribution in [2.24, 2.45) is 11.3 Å². The molecule has 3 atom stereocenters. The quantitative estimate of drug-likeness (QED) is 0.705. The summed E-state index contributed by atoms with van der Waals surface area (Å²) < 4.78 is 5.74. The van der Waals surface area contributed by atoms with Gasteiger partial charge in [-0.05, 0) is 6.42 Å². The molecule has 2 fully saturated rings. The average molecular weight is 183 g/mol. The second-order valence-corrected chi connectivity index (χ2v) is 5.36. The van der Waals surface area contributed by atoms with Crippen molar-refractivity contribution in [1.29, 1.82) is 0 Å². The number of hydrogen-bond acceptors (Lipinski definition) is 2. The Hall–Kier alpha value is -0.0800. The molecule has 0 amide bonds. The average Bonchev–Trinajstić information content (AvgIpc) is 2.45. The Balaban J connectivity index is 2.03. The Kier molecular flexibility index (Phi) is 2.16. The molecule has 2 heteroatoms. The van der Waals surface area contributed by atoms with Crippen LogP contribution in [0, 0.1) is 11.3 Å². The van der Waals surface area contributed by atoms with E-state index in [2.05, 4.69) is 33.0 Å². The third-order valence-corrected chi connectivity index (χ3v) is 3.61. The first-order valence-corrected chi connectivity index (χ1v) is 5.41. The summed E-state index contributed by atoms with van der Waals surface area (Å²) in [6, 6.07) is 1.26. The van der Waals surface area contributed by atoms with E-state index in [4.69, 9.17) is 4.74 Å². The monoisotopic (exact) mass is 183 g/mol. The van der Waals surface area contributed by atoms with Crippen molar-refractivity contribution in [3.63, 3.8) is 0 Å². The predicted octanol–water partition coefficient (Wildman–Crippen LogP) is 1.80. The van der Waals surface area contributed by atoms with E-state index >= 15 is 0 Å². The molecule has 1 saturated heterocycles. The van der Waals surface area contributed by atoms with E-state index in [1.165, 1.54) is 6.42 Å². The zero-order chi connectivity index (χ0) is 9.64. The Bertz CT molecular complexity index is 200. The van der Waals surface area contributed by atoms with Crippen LogP contribution < -0.4 is 5.32 Å². The van der Waals surface area contributed by atoms with Gasteiger partial charge in [-0.1, -0.05) is 27.7 Å². The molecule has 0 spiro atoms. The molecule has 3 unspecified atom stereocenters. The molecule has 1 saturated carbocycles. The topological polar surface area (TPSA) is 21.3 Å². The fourth-order valence-electron chi connectivity index (χ4n) is 3.02. The van der Waals surface area contributed by atoms with Crippen molar-refractivity contribution in [3.05, 3.63) is 0 Å². The van der Waals surface area contributed by atoms with Crippen LogP contribution >= 0.6 is 0 Å². The van der Waals surface area contributed by atoms with E-state index in [9.17, 15) is 0 Å². The second kappa shape index (κ2) is 2.96. The molecule has 1 N–H and O–H groups in total. The van der Waals surface area contributed by atoms with Gasteiger partial charge in [0.15, 0.2) is 0 Å². The van der Waals surface area contributed by atoms with Crippen LogP contribution in [0.25, 0.3) is 0 Å². The first kappa shape index (κ1) is 9.47. The van der Waals surface area contributed by atoms with Gasteiger partial charge in [0.1, 0.15) is 0 Å². The van der Waals surface area contributed by atoms with E-state index in [0.717, 1.165) is 12.5 Å². The van der Waals surface area contributed by atoms with E-state index in [1.807, 2.05) is 0 Å². The summed E-state index contributed by atoms with van der Waals surface area (Å²) in [5.41, 5.74) is 0.339. The summed E-state index contributed by atoms with van der Waals surface area (Å²) >= 11 is 0. The molecule has 1 aliphatic heterocycles. The Labute approximate surface area is 81.0 Å². The molecular formula is C11H21NO. The number of hydrogen-bond donors (Lipinski definition) is 1. The smallest absolute Gasteiger partial charge is 0.0685 e. The lowest BCUT2D eigenvalue weighted by molar-refractivity contribution is -0.114. The molecule has 13 heavy (non-hydrogen) atoms. The minimum absolute atomic E-state index is 0.339. The zero-order valence-electron chi connectivity index (χ0n) is 9.13. The van der Waals surface area contributed by atoms with Gasteiger partial charge in [0.2, 0.25) is 0 Å². The van der Waals surface area contributed by atoms with Crippen LogP contribution in [0.4, 0.5) is 0 Å². The molecule has 2 rings (SSSR count). The molecule has 1 heterocycles. The van der Waals surface area contributed by atoms with E-state index in [0.29, 0.717) is 23.6 Å². The molecule has 2 aliphatic rings.